The molecule has 0 aliphatic rings. The van der Waals surface area contributed by atoms with E-state index in [-0.39, 0.29) is 6.61 Å². The normalized spacial score (nSPS) is 12.3. The lowest BCUT2D eigenvalue weighted by molar-refractivity contribution is 0.0280. The van der Waals surface area contributed by atoms with Crippen LogP contribution in [0.25, 0.3) is 0 Å². The van der Waals surface area contributed by atoms with E-state index in [2.05, 4.69) is 0 Å². The molecule has 0 heterocycles. The van der Waals surface area contributed by atoms with Gasteiger partial charge in [-0.15, -0.1) is 0 Å². The zero-order valence-corrected chi connectivity index (χ0v) is 10.1. The van der Waals surface area contributed by atoms with Crippen LogP contribution in [0.2, 0.25) is 0 Å². The summed E-state index contributed by atoms with van der Waals surface area (Å²) in [7, 11) is 0. The maximum absolute atomic E-state index is 9.97. The van der Waals surface area contributed by atoms with E-state index in [4.69, 9.17) is 10.5 Å². The summed E-state index contributed by atoms with van der Waals surface area (Å²) in [6.45, 7) is 0.730. The number of para-hydroxylation sites is 1. The average molecular weight is 243 g/mol. The van der Waals surface area contributed by atoms with Crippen LogP contribution < -0.4 is 5.73 Å². The Bertz CT molecular complexity index is 485. The van der Waals surface area contributed by atoms with Gasteiger partial charge in [0.1, 0.15) is 6.10 Å². The van der Waals surface area contributed by atoms with Crippen molar-refractivity contribution >= 4 is 5.69 Å². The summed E-state index contributed by atoms with van der Waals surface area (Å²) < 4.78 is 5.49. The Balaban J connectivity index is 1.86. The van der Waals surface area contributed by atoms with Crippen LogP contribution >= 0.6 is 0 Å². The number of anilines is 1. The largest absolute Gasteiger partial charge is 0.398 e. The maximum atomic E-state index is 9.97. The number of aliphatic hydroxyl groups is 1. The van der Waals surface area contributed by atoms with Crippen molar-refractivity contribution in [3.8, 4) is 0 Å². The zero-order valence-electron chi connectivity index (χ0n) is 10.1. The quantitative estimate of drug-likeness (QED) is 0.793. The van der Waals surface area contributed by atoms with Crippen molar-refractivity contribution in [2.75, 3.05) is 12.3 Å². The van der Waals surface area contributed by atoms with Crippen molar-refractivity contribution in [3.05, 3.63) is 65.7 Å². The minimum atomic E-state index is -0.685. The van der Waals surface area contributed by atoms with Gasteiger partial charge in [0.2, 0.25) is 0 Å². The van der Waals surface area contributed by atoms with Gasteiger partial charge in [-0.1, -0.05) is 48.5 Å². The number of hydrogen-bond donors (Lipinski definition) is 2. The van der Waals surface area contributed by atoms with Crippen molar-refractivity contribution < 1.29 is 9.84 Å². The van der Waals surface area contributed by atoms with E-state index >= 15 is 0 Å². The van der Waals surface area contributed by atoms with Gasteiger partial charge in [-0.05, 0) is 11.6 Å². The van der Waals surface area contributed by atoms with E-state index in [1.54, 1.807) is 6.07 Å². The van der Waals surface area contributed by atoms with E-state index in [1.165, 1.54) is 0 Å². The number of nitrogens with two attached hydrogens (primary N) is 1. The topological polar surface area (TPSA) is 55.5 Å². The summed E-state index contributed by atoms with van der Waals surface area (Å²) in [6, 6.07) is 17.1. The van der Waals surface area contributed by atoms with Crippen LogP contribution in [0.1, 0.15) is 17.2 Å². The van der Waals surface area contributed by atoms with Crippen LogP contribution in [-0.4, -0.2) is 11.7 Å². The summed E-state index contributed by atoms with van der Waals surface area (Å²) in [6.07, 6.45) is -0.685. The standard InChI is InChI=1S/C15H17NO2/c16-14-9-5-4-8-13(14)15(17)11-18-10-12-6-2-1-3-7-12/h1-9,15,17H,10-11,16H2. The Labute approximate surface area is 107 Å². The second-order valence-electron chi connectivity index (χ2n) is 4.15. The van der Waals surface area contributed by atoms with E-state index in [9.17, 15) is 5.11 Å². The molecule has 3 nitrogen and oxygen atoms in total. The first-order valence-corrected chi connectivity index (χ1v) is 5.91. The Morgan fingerprint density at radius 2 is 1.67 bits per heavy atom. The van der Waals surface area contributed by atoms with Crippen LogP contribution in [0.4, 0.5) is 5.69 Å². The van der Waals surface area contributed by atoms with Crippen molar-refractivity contribution in [2.24, 2.45) is 0 Å². The van der Waals surface area contributed by atoms with Crippen molar-refractivity contribution in [3.63, 3.8) is 0 Å². The molecule has 2 aromatic rings. The number of benzene rings is 2. The summed E-state index contributed by atoms with van der Waals surface area (Å²) in [5.41, 5.74) is 8.18. The first-order valence-electron chi connectivity index (χ1n) is 5.91. The number of ether oxygens (including phenoxy) is 1. The summed E-state index contributed by atoms with van der Waals surface area (Å²) >= 11 is 0. The lowest BCUT2D eigenvalue weighted by Gasteiger charge is -2.13. The molecule has 0 fully saturated rings. The highest BCUT2D eigenvalue weighted by atomic mass is 16.5. The Hall–Kier alpha value is -1.84. The molecule has 0 aliphatic carbocycles. The predicted octanol–water partition coefficient (Wildman–Crippen LogP) is 2.52. The highest BCUT2D eigenvalue weighted by molar-refractivity contribution is 5.47. The summed E-state index contributed by atoms with van der Waals surface area (Å²) in [5, 5.41) is 9.97. The van der Waals surface area contributed by atoms with Crippen LogP contribution in [0.15, 0.2) is 54.6 Å². The molecular formula is C15H17NO2. The Morgan fingerprint density at radius 3 is 2.39 bits per heavy atom. The molecule has 2 aromatic carbocycles. The fraction of sp³-hybridized carbons (Fsp3) is 0.200. The first-order chi connectivity index (χ1) is 8.77. The lowest BCUT2D eigenvalue weighted by Crippen LogP contribution is -2.09. The lowest BCUT2D eigenvalue weighted by atomic mass is 10.1. The summed E-state index contributed by atoms with van der Waals surface area (Å²) in [5.74, 6) is 0. The van der Waals surface area contributed by atoms with Crippen molar-refractivity contribution in [2.45, 2.75) is 12.7 Å². The van der Waals surface area contributed by atoms with Crippen LogP contribution in [0.3, 0.4) is 0 Å². The van der Waals surface area contributed by atoms with Crippen LogP contribution in [0.5, 0.6) is 0 Å². The molecule has 0 spiro atoms. The number of nitrogen functional groups attached to an aromatic ring is 1. The van der Waals surface area contributed by atoms with Gasteiger partial charge >= 0.3 is 0 Å². The molecule has 94 valence electrons. The predicted molar refractivity (Wildman–Crippen MR) is 71.9 cm³/mol. The minimum Gasteiger partial charge on any atom is -0.398 e. The molecule has 2 rings (SSSR count). The van der Waals surface area contributed by atoms with Gasteiger partial charge in [-0.25, -0.2) is 0 Å². The third-order valence-electron chi connectivity index (χ3n) is 2.74. The van der Waals surface area contributed by atoms with Crippen LogP contribution in [-0.2, 0) is 11.3 Å². The fourth-order valence-corrected chi connectivity index (χ4v) is 1.77. The Morgan fingerprint density at radius 1 is 1.00 bits per heavy atom. The molecule has 0 amide bonds. The number of rotatable bonds is 5. The van der Waals surface area contributed by atoms with Gasteiger partial charge in [0.15, 0.2) is 0 Å². The van der Waals surface area contributed by atoms with E-state index in [0.717, 1.165) is 5.56 Å². The third kappa shape index (κ3) is 3.32. The molecule has 0 saturated heterocycles. The molecule has 3 N–H and O–H groups in total. The third-order valence-corrected chi connectivity index (χ3v) is 2.74. The molecule has 18 heavy (non-hydrogen) atoms. The minimum absolute atomic E-state index is 0.239. The monoisotopic (exact) mass is 243 g/mol. The second kappa shape index (κ2) is 6.19. The average Bonchev–Trinajstić information content (AvgIpc) is 2.40. The van der Waals surface area contributed by atoms with E-state index in [1.807, 2.05) is 48.5 Å². The molecule has 0 radical (unpaired) electrons. The molecule has 0 aliphatic heterocycles. The fourth-order valence-electron chi connectivity index (χ4n) is 1.77. The summed E-state index contributed by atoms with van der Waals surface area (Å²) in [4.78, 5) is 0. The maximum Gasteiger partial charge on any atom is 0.104 e. The molecule has 0 saturated carbocycles. The molecule has 1 atom stereocenters. The van der Waals surface area contributed by atoms with Gasteiger partial charge in [0.25, 0.3) is 0 Å². The highest BCUT2D eigenvalue weighted by Crippen LogP contribution is 2.20. The number of hydrogen-bond acceptors (Lipinski definition) is 3. The zero-order chi connectivity index (χ0) is 12.8. The number of aliphatic hydroxyl groups excluding tert-OH is 1. The van der Waals surface area contributed by atoms with Gasteiger partial charge in [-0.3, -0.25) is 0 Å². The molecule has 3 heteroatoms. The molecule has 1 unspecified atom stereocenters. The molecule has 0 bridgehead atoms. The highest BCUT2D eigenvalue weighted by Gasteiger charge is 2.10. The van der Waals surface area contributed by atoms with Crippen molar-refractivity contribution in [1.82, 2.24) is 0 Å². The van der Waals surface area contributed by atoms with Gasteiger partial charge in [-0.2, -0.15) is 0 Å². The second-order valence-corrected chi connectivity index (χ2v) is 4.15. The first kappa shape index (κ1) is 12.6. The molecule has 0 aromatic heterocycles. The smallest absolute Gasteiger partial charge is 0.104 e. The van der Waals surface area contributed by atoms with Gasteiger partial charge in [0.05, 0.1) is 13.2 Å². The SMILES string of the molecule is Nc1ccccc1C(O)COCc1ccccc1. The Kier molecular flexibility index (Phi) is 4.34. The van der Waals surface area contributed by atoms with E-state index in [0.29, 0.717) is 17.9 Å². The van der Waals surface area contributed by atoms with Crippen LogP contribution in [0, 0.1) is 0 Å². The van der Waals surface area contributed by atoms with Gasteiger partial charge in [0, 0.05) is 11.3 Å². The van der Waals surface area contributed by atoms with Gasteiger partial charge < -0.3 is 15.6 Å². The van der Waals surface area contributed by atoms with Crippen molar-refractivity contribution in [1.29, 1.82) is 0 Å². The molecular weight excluding hydrogens is 226 g/mol. The van der Waals surface area contributed by atoms with E-state index < -0.39 is 6.10 Å².